The maximum Gasteiger partial charge on any atom is 0.343 e. The molecule has 0 unspecified atom stereocenters. The zero-order chi connectivity index (χ0) is 17.8. The van der Waals surface area contributed by atoms with Crippen molar-refractivity contribution in [1.82, 2.24) is 15.0 Å². The quantitative estimate of drug-likeness (QED) is 0.323. The number of aromatic nitrogens is 3. The first-order valence-corrected chi connectivity index (χ1v) is 9.06. The van der Waals surface area contributed by atoms with Crippen LogP contribution in [0.1, 0.15) is 15.9 Å². The van der Waals surface area contributed by atoms with E-state index in [0.29, 0.717) is 17.1 Å². The Balaban J connectivity index is 1.49. The van der Waals surface area contributed by atoms with Crippen LogP contribution in [-0.2, 0) is 5.75 Å². The number of fused-ring (bicyclic) bond motifs is 1. The van der Waals surface area contributed by atoms with Gasteiger partial charge in [0.05, 0.1) is 17.3 Å². The normalized spacial score (nSPS) is 10.8. The Morgan fingerprint density at radius 1 is 1.04 bits per heavy atom. The van der Waals surface area contributed by atoms with E-state index in [-0.39, 0.29) is 5.97 Å². The van der Waals surface area contributed by atoms with Gasteiger partial charge in [0.15, 0.2) is 5.16 Å². The van der Waals surface area contributed by atoms with E-state index in [1.165, 1.54) is 0 Å². The molecule has 5 nitrogen and oxygen atoms in total. The third kappa shape index (κ3) is 3.60. The van der Waals surface area contributed by atoms with Gasteiger partial charge in [-0.15, -0.1) is 0 Å². The number of carbonyl (C=O) groups excluding carboxylic acids is 1. The molecule has 26 heavy (non-hydrogen) atoms. The van der Waals surface area contributed by atoms with Gasteiger partial charge in [-0.2, -0.15) is 0 Å². The molecule has 0 aliphatic rings. The van der Waals surface area contributed by atoms with Crippen LogP contribution in [0.15, 0.2) is 78.2 Å². The van der Waals surface area contributed by atoms with Gasteiger partial charge in [-0.1, -0.05) is 48.2 Å². The van der Waals surface area contributed by atoms with E-state index in [2.05, 4.69) is 15.0 Å². The van der Waals surface area contributed by atoms with Crippen molar-refractivity contribution in [2.75, 3.05) is 0 Å². The molecule has 0 radical (unpaired) electrons. The van der Waals surface area contributed by atoms with Gasteiger partial charge in [-0.25, -0.2) is 9.78 Å². The lowest BCUT2D eigenvalue weighted by atomic mass is 10.2. The molecule has 0 saturated carbocycles. The number of hydrogen-bond acceptors (Lipinski definition) is 5. The molecule has 4 aromatic rings. The fourth-order valence-corrected chi connectivity index (χ4v) is 3.38. The van der Waals surface area contributed by atoms with Crippen molar-refractivity contribution < 1.29 is 9.53 Å². The van der Waals surface area contributed by atoms with Gasteiger partial charge in [0.1, 0.15) is 11.3 Å². The van der Waals surface area contributed by atoms with E-state index >= 15 is 0 Å². The van der Waals surface area contributed by atoms with Gasteiger partial charge in [-0.05, 0) is 24.3 Å². The van der Waals surface area contributed by atoms with Crippen molar-refractivity contribution in [2.24, 2.45) is 0 Å². The zero-order valence-corrected chi connectivity index (χ0v) is 14.6. The van der Waals surface area contributed by atoms with Crippen LogP contribution in [0.25, 0.3) is 11.0 Å². The molecule has 0 saturated heterocycles. The highest BCUT2D eigenvalue weighted by Gasteiger charge is 2.12. The number of carbonyl (C=O) groups is 1. The Hall–Kier alpha value is -3.12. The average molecular weight is 361 g/mol. The molecule has 2 heterocycles. The maximum absolute atomic E-state index is 12.3. The van der Waals surface area contributed by atoms with Crippen LogP contribution in [0, 0.1) is 0 Å². The van der Waals surface area contributed by atoms with Crippen LogP contribution < -0.4 is 4.74 Å². The van der Waals surface area contributed by atoms with Crippen LogP contribution in [-0.4, -0.2) is 20.9 Å². The molecule has 0 spiro atoms. The van der Waals surface area contributed by atoms with Crippen molar-refractivity contribution in [3.63, 3.8) is 0 Å². The van der Waals surface area contributed by atoms with Gasteiger partial charge in [0.2, 0.25) is 0 Å². The minimum absolute atomic E-state index is 0.363. The lowest BCUT2D eigenvalue weighted by Gasteiger charge is -2.09. The molecule has 128 valence electrons. The highest BCUT2D eigenvalue weighted by Crippen LogP contribution is 2.28. The van der Waals surface area contributed by atoms with Gasteiger partial charge in [-0.3, -0.25) is 4.98 Å². The summed E-state index contributed by atoms with van der Waals surface area (Å²) in [5.41, 5.74) is 3.24. The number of benzene rings is 2. The monoisotopic (exact) mass is 361 g/mol. The number of ether oxygens (including phenoxy) is 1. The Morgan fingerprint density at radius 3 is 2.69 bits per heavy atom. The highest BCUT2D eigenvalue weighted by molar-refractivity contribution is 7.98. The fourth-order valence-electron chi connectivity index (χ4n) is 2.50. The molecule has 0 fully saturated rings. The fraction of sp³-hybridized carbons (Fsp3) is 0.0500. The van der Waals surface area contributed by atoms with Gasteiger partial charge >= 0.3 is 5.97 Å². The van der Waals surface area contributed by atoms with Crippen LogP contribution >= 0.6 is 11.8 Å². The van der Waals surface area contributed by atoms with Crippen LogP contribution in [0.3, 0.4) is 0 Å². The number of para-hydroxylation sites is 1. The molecule has 4 rings (SSSR count). The first kappa shape index (κ1) is 16.4. The van der Waals surface area contributed by atoms with Crippen molar-refractivity contribution in [3.8, 4) is 5.75 Å². The molecule has 0 amide bonds. The molecule has 0 aliphatic heterocycles. The van der Waals surface area contributed by atoms with Gasteiger partial charge in [0, 0.05) is 17.5 Å². The van der Waals surface area contributed by atoms with E-state index in [9.17, 15) is 4.79 Å². The Kier molecular flexibility index (Phi) is 4.66. The highest BCUT2D eigenvalue weighted by atomic mass is 32.2. The number of esters is 1. The van der Waals surface area contributed by atoms with Crippen LogP contribution in [0.2, 0.25) is 0 Å². The zero-order valence-electron chi connectivity index (χ0n) is 13.8. The minimum Gasteiger partial charge on any atom is -0.423 e. The molecule has 6 heteroatoms. The second kappa shape index (κ2) is 7.41. The summed E-state index contributed by atoms with van der Waals surface area (Å²) < 4.78 is 5.59. The number of aromatic amines is 1. The summed E-state index contributed by atoms with van der Waals surface area (Å²) in [6, 6.07) is 18.4. The predicted molar refractivity (Wildman–Crippen MR) is 101 cm³/mol. The Bertz CT molecular complexity index is 1010. The largest absolute Gasteiger partial charge is 0.423 e. The summed E-state index contributed by atoms with van der Waals surface area (Å²) in [5, 5.41) is 0.803. The minimum atomic E-state index is -0.363. The van der Waals surface area contributed by atoms with E-state index < -0.39 is 0 Å². The molecule has 0 aliphatic carbocycles. The maximum atomic E-state index is 12.3. The molecule has 0 atom stereocenters. The van der Waals surface area contributed by atoms with Gasteiger partial charge < -0.3 is 9.72 Å². The third-order valence-electron chi connectivity index (χ3n) is 3.81. The van der Waals surface area contributed by atoms with Crippen molar-refractivity contribution >= 4 is 28.8 Å². The number of rotatable bonds is 5. The molecule has 1 N–H and O–H groups in total. The number of pyridine rings is 1. The summed E-state index contributed by atoms with van der Waals surface area (Å²) in [6.45, 7) is 0. The molecule has 0 bridgehead atoms. The Morgan fingerprint density at radius 2 is 1.85 bits per heavy atom. The smallest absolute Gasteiger partial charge is 0.343 e. The SMILES string of the molecule is O=C(Oc1ccccc1CSc1nc2cnccc2[nH]1)c1ccccc1. The summed E-state index contributed by atoms with van der Waals surface area (Å²) in [4.78, 5) is 24.1. The second-order valence-electron chi connectivity index (χ2n) is 5.59. The first-order valence-electron chi connectivity index (χ1n) is 8.07. The molecule has 2 aromatic heterocycles. The number of hydrogen-bond donors (Lipinski definition) is 1. The number of imidazole rings is 1. The van der Waals surface area contributed by atoms with Crippen molar-refractivity contribution in [3.05, 3.63) is 84.2 Å². The van der Waals surface area contributed by atoms with Crippen LogP contribution in [0.5, 0.6) is 5.75 Å². The topological polar surface area (TPSA) is 67.9 Å². The summed E-state index contributed by atoms with van der Waals surface area (Å²) >= 11 is 1.55. The first-order chi connectivity index (χ1) is 12.8. The van der Waals surface area contributed by atoms with E-state index in [1.54, 1.807) is 42.4 Å². The van der Waals surface area contributed by atoms with Crippen molar-refractivity contribution in [2.45, 2.75) is 10.9 Å². The second-order valence-corrected chi connectivity index (χ2v) is 6.55. The van der Waals surface area contributed by atoms with Crippen molar-refractivity contribution in [1.29, 1.82) is 0 Å². The lowest BCUT2D eigenvalue weighted by molar-refractivity contribution is 0.0733. The standard InChI is InChI=1S/C20H15N3O2S/c24-19(14-6-2-1-3-7-14)25-18-9-5-4-8-15(18)13-26-20-22-16-10-11-21-12-17(16)23-20/h1-12H,13H2,(H,22,23). The summed E-state index contributed by atoms with van der Waals surface area (Å²) in [7, 11) is 0. The molecular formula is C20H15N3O2S. The summed E-state index contributed by atoms with van der Waals surface area (Å²) in [6.07, 6.45) is 3.46. The summed E-state index contributed by atoms with van der Waals surface area (Å²) in [5.74, 6) is 0.829. The van der Waals surface area contributed by atoms with E-state index in [0.717, 1.165) is 21.8 Å². The number of H-pyrrole nitrogens is 1. The van der Waals surface area contributed by atoms with Crippen LogP contribution in [0.4, 0.5) is 0 Å². The van der Waals surface area contributed by atoms with E-state index in [4.69, 9.17) is 4.74 Å². The van der Waals surface area contributed by atoms with E-state index in [1.807, 2.05) is 42.5 Å². The number of nitrogens with zero attached hydrogens (tertiary/aromatic N) is 2. The number of thioether (sulfide) groups is 1. The predicted octanol–water partition coefficient (Wildman–Crippen LogP) is 4.47. The molecular weight excluding hydrogens is 346 g/mol. The lowest BCUT2D eigenvalue weighted by Crippen LogP contribution is -2.09. The third-order valence-corrected chi connectivity index (χ3v) is 4.73. The number of nitrogens with one attached hydrogen (secondary N) is 1. The van der Waals surface area contributed by atoms with Gasteiger partial charge in [0.25, 0.3) is 0 Å². The average Bonchev–Trinajstić information content (AvgIpc) is 3.11. The molecule has 2 aromatic carbocycles. The Labute approximate surface area is 154 Å².